The first-order valence-electron chi connectivity index (χ1n) is 19.6. The van der Waals surface area contributed by atoms with Crippen LogP contribution in [-0.4, -0.2) is 5.84 Å². The SMILES string of the molecule is N#Cc1cc(-c2cc(C3N=C(c4ccc(-c5ccccc5)cc4)[NH2+]C(c4ccccc4)N3)cc3c4c(c5ccccc5c23)C=CCC4)cc2c1sc1ccccc12. The smallest absolute Gasteiger partial charge is 0.230 e. The Bertz CT molecular complexity index is 3140. The lowest BCUT2D eigenvalue weighted by molar-refractivity contribution is -0.600. The Morgan fingerprint density at radius 3 is 2.14 bits per heavy atom. The van der Waals surface area contributed by atoms with Crippen LogP contribution < -0.4 is 10.6 Å². The zero-order valence-electron chi connectivity index (χ0n) is 31.1. The molecule has 0 saturated heterocycles. The quantitative estimate of drug-likeness (QED) is 0.172. The van der Waals surface area contributed by atoms with Crippen molar-refractivity contribution in [2.24, 2.45) is 4.99 Å². The number of amidine groups is 1. The Kier molecular flexibility index (Phi) is 8.15. The summed E-state index contributed by atoms with van der Waals surface area (Å²) in [6.45, 7) is 0. The molecule has 1 aliphatic carbocycles. The fraction of sp³-hybridized carbons (Fsp3) is 0.0769. The van der Waals surface area contributed by atoms with E-state index >= 15 is 0 Å². The van der Waals surface area contributed by atoms with Gasteiger partial charge in [0.1, 0.15) is 12.2 Å². The molecule has 2 unspecified atom stereocenters. The maximum absolute atomic E-state index is 10.6. The molecule has 1 aromatic heterocycles. The van der Waals surface area contributed by atoms with E-state index in [4.69, 9.17) is 4.99 Å². The van der Waals surface area contributed by atoms with E-state index in [1.54, 1.807) is 11.3 Å². The van der Waals surface area contributed by atoms with Gasteiger partial charge in [-0.25, -0.2) is 10.3 Å². The first kappa shape index (κ1) is 33.6. The number of thiophene rings is 1. The Morgan fingerprint density at radius 2 is 1.33 bits per heavy atom. The average Bonchev–Trinajstić information content (AvgIpc) is 3.67. The van der Waals surface area contributed by atoms with Crippen molar-refractivity contribution >= 4 is 65.0 Å². The zero-order valence-corrected chi connectivity index (χ0v) is 31.9. The second-order valence-electron chi connectivity index (χ2n) is 15.1. The fourth-order valence-corrected chi connectivity index (χ4v) is 10.2. The highest BCUT2D eigenvalue weighted by Gasteiger charge is 2.31. The number of nitrogens with one attached hydrogen (secondary N) is 1. The number of hydrogen-bond acceptors (Lipinski definition) is 4. The number of aliphatic imine (C=N–C) groups is 1. The van der Waals surface area contributed by atoms with Crippen molar-refractivity contribution in [1.29, 1.82) is 5.26 Å². The number of nitrogens with two attached hydrogens (primary N) is 1. The van der Waals surface area contributed by atoms with E-state index in [1.807, 2.05) is 0 Å². The van der Waals surface area contributed by atoms with E-state index in [-0.39, 0.29) is 12.3 Å². The van der Waals surface area contributed by atoms with E-state index in [0.717, 1.165) is 51.0 Å². The molecule has 0 spiro atoms. The molecule has 2 aliphatic rings. The summed E-state index contributed by atoms with van der Waals surface area (Å²) >= 11 is 1.70. The molecule has 3 N–H and O–H groups in total. The highest BCUT2D eigenvalue weighted by Crippen LogP contribution is 2.45. The summed E-state index contributed by atoms with van der Waals surface area (Å²) in [7, 11) is 0. The van der Waals surface area contributed by atoms with Crippen LogP contribution in [0.2, 0.25) is 0 Å². The summed E-state index contributed by atoms with van der Waals surface area (Å²) in [4.78, 5) is 5.52. The molecule has 270 valence electrons. The Hall–Kier alpha value is -6.68. The topological polar surface area (TPSA) is 64.8 Å². The van der Waals surface area contributed by atoms with Crippen LogP contribution in [0, 0.1) is 11.3 Å². The predicted molar refractivity (Wildman–Crippen MR) is 237 cm³/mol. The van der Waals surface area contributed by atoms with Gasteiger partial charge in [0, 0.05) is 21.0 Å². The molecule has 8 aromatic carbocycles. The van der Waals surface area contributed by atoms with Crippen molar-refractivity contribution in [3.05, 3.63) is 197 Å². The standard InChI is InChI=1S/C52H36N4S/c53-31-38-27-36(28-46-42-20-11-12-22-47(42)57-49(38)46)44-29-37(30-45-41-19-8-7-17-39(41)40-18-9-10-21-43(40)48(44)45)52-55-50(34-15-5-2-6-16-34)54-51(56-52)35-25-23-33(24-26-35)32-13-3-1-4-14-32/h1-7,9-18,20-30,50,52,55H,8,19H2,(H,54,56)/p+1. The highest BCUT2D eigenvalue weighted by atomic mass is 32.1. The lowest BCUT2D eigenvalue weighted by Gasteiger charge is -2.29. The Morgan fingerprint density at radius 1 is 0.632 bits per heavy atom. The Labute approximate surface area is 335 Å². The van der Waals surface area contributed by atoms with Gasteiger partial charge >= 0.3 is 0 Å². The molecule has 0 fully saturated rings. The van der Waals surface area contributed by atoms with Crippen LogP contribution in [0.3, 0.4) is 0 Å². The molecular formula is C52H37N4S+. The second-order valence-corrected chi connectivity index (χ2v) is 16.1. The van der Waals surface area contributed by atoms with Gasteiger partial charge in [0.25, 0.3) is 0 Å². The van der Waals surface area contributed by atoms with Crippen molar-refractivity contribution in [1.82, 2.24) is 5.32 Å². The van der Waals surface area contributed by atoms with Gasteiger partial charge < -0.3 is 0 Å². The third-order valence-corrected chi connectivity index (χ3v) is 13.0. The minimum atomic E-state index is -0.324. The second kappa shape index (κ2) is 13.8. The van der Waals surface area contributed by atoms with E-state index in [2.05, 4.69) is 187 Å². The number of nitrogens with zero attached hydrogens (tertiary/aromatic N) is 2. The van der Waals surface area contributed by atoms with Gasteiger partial charge in [0.05, 0.1) is 15.8 Å². The fourth-order valence-electron chi connectivity index (χ4n) is 9.03. The predicted octanol–water partition coefficient (Wildman–Crippen LogP) is 11.8. The van der Waals surface area contributed by atoms with Crippen LogP contribution in [0.25, 0.3) is 70.0 Å². The van der Waals surface area contributed by atoms with Gasteiger partial charge in [-0.1, -0.05) is 127 Å². The molecule has 0 bridgehead atoms. The number of fused-ring (bicyclic) bond motifs is 9. The average molecular weight is 750 g/mol. The molecule has 1 aliphatic heterocycles. The van der Waals surface area contributed by atoms with Gasteiger partial charge in [0.2, 0.25) is 5.84 Å². The van der Waals surface area contributed by atoms with Crippen LogP contribution in [-0.2, 0) is 6.42 Å². The van der Waals surface area contributed by atoms with Gasteiger partial charge in [-0.3, -0.25) is 5.32 Å². The van der Waals surface area contributed by atoms with Crippen molar-refractivity contribution in [2.75, 3.05) is 0 Å². The van der Waals surface area contributed by atoms with Crippen molar-refractivity contribution < 1.29 is 5.32 Å². The monoisotopic (exact) mass is 749 g/mol. The Balaban J connectivity index is 1.16. The van der Waals surface area contributed by atoms with Gasteiger partial charge in [-0.05, 0) is 116 Å². The molecule has 9 aromatic rings. The van der Waals surface area contributed by atoms with E-state index in [0.29, 0.717) is 5.56 Å². The highest BCUT2D eigenvalue weighted by molar-refractivity contribution is 7.26. The minimum Gasteiger partial charge on any atom is -0.278 e. The summed E-state index contributed by atoms with van der Waals surface area (Å²) < 4.78 is 2.23. The van der Waals surface area contributed by atoms with E-state index in [1.165, 1.54) is 59.4 Å². The number of hydrogen-bond donors (Lipinski definition) is 2. The molecule has 0 saturated carbocycles. The number of rotatable bonds is 5. The molecule has 0 radical (unpaired) electrons. The first-order valence-corrected chi connectivity index (χ1v) is 20.4. The molecule has 57 heavy (non-hydrogen) atoms. The zero-order chi connectivity index (χ0) is 37.9. The molecule has 2 heterocycles. The number of aryl methyl sites for hydroxylation is 1. The normalized spacial score (nSPS) is 16.5. The largest absolute Gasteiger partial charge is 0.278 e. The van der Waals surface area contributed by atoms with Crippen LogP contribution in [0.1, 0.15) is 52.1 Å². The number of nitriles is 1. The van der Waals surface area contributed by atoms with Gasteiger partial charge in [0.15, 0.2) is 6.17 Å². The summed E-state index contributed by atoms with van der Waals surface area (Å²) in [6, 6.07) is 59.1. The van der Waals surface area contributed by atoms with Crippen molar-refractivity contribution in [2.45, 2.75) is 25.2 Å². The van der Waals surface area contributed by atoms with Crippen molar-refractivity contribution in [3.63, 3.8) is 0 Å². The van der Waals surface area contributed by atoms with Crippen LogP contribution >= 0.6 is 11.3 Å². The van der Waals surface area contributed by atoms with E-state index in [9.17, 15) is 5.26 Å². The molecule has 4 nitrogen and oxygen atoms in total. The first-order chi connectivity index (χ1) is 28.2. The number of allylic oxidation sites excluding steroid dienone is 1. The maximum Gasteiger partial charge on any atom is 0.230 e. The van der Waals surface area contributed by atoms with Gasteiger partial charge in [-0.15, -0.1) is 11.3 Å². The van der Waals surface area contributed by atoms with Gasteiger partial charge in [-0.2, -0.15) is 5.26 Å². The molecule has 5 heteroatoms. The number of quaternary nitrogens is 1. The van der Waals surface area contributed by atoms with Crippen LogP contribution in [0.5, 0.6) is 0 Å². The lowest BCUT2D eigenvalue weighted by atomic mass is 9.82. The number of benzene rings is 8. The summed E-state index contributed by atoms with van der Waals surface area (Å²) in [6.07, 6.45) is 6.22. The third-order valence-electron chi connectivity index (χ3n) is 11.7. The van der Waals surface area contributed by atoms with Crippen LogP contribution in [0.4, 0.5) is 0 Å². The minimum absolute atomic E-state index is 0.0520. The molecular weight excluding hydrogens is 713 g/mol. The lowest BCUT2D eigenvalue weighted by Crippen LogP contribution is -2.93. The van der Waals surface area contributed by atoms with Crippen LogP contribution in [0.15, 0.2) is 169 Å². The van der Waals surface area contributed by atoms with Crippen molar-refractivity contribution in [3.8, 4) is 28.3 Å². The summed E-state index contributed by atoms with van der Waals surface area (Å²) in [5.74, 6) is 0.968. The molecule has 0 amide bonds. The third kappa shape index (κ3) is 5.77. The molecule has 2 atom stereocenters. The summed E-state index contributed by atoms with van der Waals surface area (Å²) in [5, 5.41) is 24.1. The van der Waals surface area contributed by atoms with E-state index < -0.39 is 0 Å². The summed E-state index contributed by atoms with van der Waals surface area (Å²) in [5.41, 5.74) is 11.3. The molecule has 11 rings (SSSR count). The maximum atomic E-state index is 10.6.